The van der Waals surface area contributed by atoms with Crippen LogP contribution in [0.5, 0.6) is 11.5 Å². The summed E-state index contributed by atoms with van der Waals surface area (Å²) in [5.41, 5.74) is 0.467. The minimum atomic E-state index is -0.662. The van der Waals surface area contributed by atoms with Crippen molar-refractivity contribution in [2.24, 2.45) is 5.92 Å². The van der Waals surface area contributed by atoms with Crippen LogP contribution in [-0.2, 0) is 6.54 Å². The summed E-state index contributed by atoms with van der Waals surface area (Å²) in [6.45, 7) is 7.71. The molecule has 1 atom stereocenters. The fourth-order valence-electron chi connectivity index (χ4n) is 2.48. The monoisotopic (exact) mass is 265 g/mol. The highest BCUT2D eigenvalue weighted by Crippen LogP contribution is 2.32. The van der Waals surface area contributed by atoms with Crippen molar-refractivity contribution in [3.8, 4) is 11.5 Å². The van der Waals surface area contributed by atoms with Crippen LogP contribution in [-0.4, -0.2) is 24.0 Å². The van der Waals surface area contributed by atoms with Gasteiger partial charge in [0, 0.05) is 13.1 Å². The van der Waals surface area contributed by atoms with Gasteiger partial charge in [-0.05, 0) is 37.0 Å². The second-order valence-corrected chi connectivity index (χ2v) is 5.89. The summed E-state index contributed by atoms with van der Waals surface area (Å²) in [4.78, 5) is 0. The molecule has 1 aromatic carbocycles. The predicted molar refractivity (Wildman–Crippen MR) is 74.4 cm³/mol. The zero-order valence-corrected chi connectivity index (χ0v) is 11.9. The van der Waals surface area contributed by atoms with E-state index >= 15 is 0 Å². The maximum Gasteiger partial charge on any atom is 0.231 e. The summed E-state index contributed by atoms with van der Waals surface area (Å²) < 4.78 is 10.6. The highest BCUT2D eigenvalue weighted by atomic mass is 16.7. The maximum absolute atomic E-state index is 10.2. The zero-order valence-electron chi connectivity index (χ0n) is 11.9. The Bertz CT molecular complexity index is 429. The van der Waals surface area contributed by atoms with Crippen molar-refractivity contribution in [2.45, 2.75) is 39.3 Å². The third-order valence-corrected chi connectivity index (χ3v) is 3.12. The van der Waals surface area contributed by atoms with Crippen molar-refractivity contribution in [1.29, 1.82) is 0 Å². The van der Waals surface area contributed by atoms with E-state index in [0.29, 0.717) is 25.8 Å². The molecule has 0 radical (unpaired) electrons. The molecule has 0 saturated carbocycles. The number of ether oxygens (including phenoxy) is 2. The highest BCUT2D eigenvalue weighted by molar-refractivity contribution is 5.44. The number of nitrogens with one attached hydrogen (secondary N) is 1. The number of rotatable bonds is 6. The third kappa shape index (κ3) is 4.11. The van der Waals surface area contributed by atoms with E-state index in [1.54, 1.807) is 0 Å². The van der Waals surface area contributed by atoms with Gasteiger partial charge in [-0.15, -0.1) is 0 Å². The quantitative estimate of drug-likeness (QED) is 0.828. The van der Waals surface area contributed by atoms with E-state index in [4.69, 9.17) is 9.47 Å². The molecule has 0 bridgehead atoms. The third-order valence-electron chi connectivity index (χ3n) is 3.12. The Morgan fingerprint density at radius 2 is 2.05 bits per heavy atom. The molecule has 4 heteroatoms. The lowest BCUT2D eigenvalue weighted by molar-refractivity contribution is 0.0383. The molecule has 0 aromatic heterocycles. The summed E-state index contributed by atoms with van der Waals surface area (Å²) in [6, 6.07) is 5.91. The van der Waals surface area contributed by atoms with Crippen LogP contribution in [0.4, 0.5) is 0 Å². The summed E-state index contributed by atoms with van der Waals surface area (Å²) in [6.07, 6.45) is 0.793. The van der Waals surface area contributed by atoms with Crippen molar-refractivity contribution in [1.82, 2.24) is 5.32 Å². The Kier molecular flexibility index (Phi) is 4.32. The van der Waals surface area contributed by atoms with Crippen LogP contribution in [0.2, 0.25) is 0 Å². The first-order chi connectivity index (χ1) is 8.96. The average Bonchev–Trinajstić information content (AvgIpc) is 2.74. The number of hydrogen-bond acceptors (Lipinski definition) is 4. The van der Waals surface area contributed by atoms with Gasteiger partial charge in [-0.25, -0.2) is 0 Å². The first-order valence-corrected chi connectivity index (χ1v) is 6.78. The Balaban J connectivity index is 1.83. The molecule has 0 fully saturated rings. The molecule has 2 rings (SSSR count). The zero-order chi connectivity index (χ0) is 13.9. The molecular weight excluding hydrogens is 242 g/mol. The molecule has 4 nitrogen and oxygen atoms in total. The van der Waals surface area contributed by atoms with Crippen LogP contribution in [0.3, 0.4) is 0 Å². The van der Waals surface area contributed by atoms with Gasteiger partial charge in [0.05, 0.1) is 5.60 Å². The van der Waals surface area contributed by atoms with Crippen LogP contribution >= 0.6 is 0 Å². The normalized spacial score (nSPS) is 16.7. The van der Waals surface area contributed by atoms with Gasteiger partial charge in [0.2, 0.25) is 6.79 Å². The lowest BCUT2D eigenvalue weighted by Crippen LogP contribution is -2.38. The first-order valence-electron chi connectivity index (χ1n) is 6.78. The minimum absolute atomic E-state index is 0.301. The second kappa shape index (κ2) is 5.80. The van der Waals surface area contributed by atoms with Gasteiger partial charge in [0.15, 0.2) is 11.5 Å². The lowest BCUT2D eigenvalue weighted by Gasteiger charge is -2.25. The molecule has 106 valence electrons. The van der Waals surface area contributed by atoms with Crippen LogP contribution < -0.4 is 14.8 Å². The molecular formula is C15H23NO3. The second-order valence-electron chi connectivity index (χ2n) is 5.89. The highest BCUT2D eigenvalue weighted by Gasteiger charge is 2.21. The Labute approximate surface area is 114 Å². The van der Waals surface area contributed by atoms with Gasteiger partial charge >= 0.3 is 0 Å². The van der Waals surface area contributed by atoms with Gasteiger partial charge < -0.3 is 19.9 Å². The smallest absolute Gasteiger partial charge is 0.231 e. The molecule has 0 spiro atoms. The molecule has 0 aliphatic carbocycles. The van der Waals surface area contributed by atoms with Crippen LogP contribution in [0.25, 0.3) is 0 Å². The Morgan fingerprint density at radius 1 is 1.32 bits per heavy atom. The summed E-state index contributed by atoms with van der Waals surface area (Å²) >= 11 is 0. The molecule has 1 unspecified atom stereocenters. The molecule has 1 aliphatic heterocycles. The largest absolute Gasteiger partial charge is 0.454 e. The van der Waals surface area contributed by atoms with Crippen LogP contribution in [0, 0.1) is 5.92 Å². The molecule has 0 amide bonds. The van der Waals surface area contributed by atoms with Crippen LogP contribution in [0.1, 0.15) is 32.8 Å². The topological polar surface area (TPSA) is 50.7 Å². The van der Waals surface area contributed by atoms with Gasteiger partial charge in [-0.3, -0.25) is 0 Å². The van der Waals surface area contributed by atoms with Crippen molar-refractivity contribution in [2.75, 3.05) is 13.3 Å². The predicted octanol–water partition coefficient (Wildman–Crippen LogP) is 2.30. The van der Waals surface area contributed by atoms with Crippen LogP contribution in [0.15, 0.2) is 18.2 Å². The van der Waals surface area contributed by atoms with E-state index in [2.05, 4.69) is 19.2 Å². The standard InChI is InChI=1S/C15H23NO3/c1-11(2)7-15(3,17)9-16-8-12-4-5-13-14(6-12)19-10-18-13/h4-6,11,16-17H,7-10H2,1-3H3. The first kappa shape index (κ1) is 14.2. The van der Waals surface area contributed by atoms with E-state index in [9.17, 15) is 5.11 Å². The summed E-state index contributed by atoms with van der Waals surface area (Å²) in [7, 11) is 0. The Hall–Kier alpha value is -1.26. The van der Waals surface area contributed by atoms with Crippen molar-refractivity contribution >= 4 is 0 Å². The summed E-state index contributed by atoms with van der Waals surface area (Å²) in [5.74, 6) is 2.09. The van der Waals surface area contributed by atoms with E-state index in [1.165, 1.54) is 0 Å². The molecule has 19 heavy (non-hydrogen) atoms. The van der Waals surface area contributed by atoms with Gasteiger partial charge in [0.25, 0.3) is 0 Å². The molecule has 1 aromatic rings. The molecule has 2 N–H and O–H groups in total. The van der Waals surface area contributed by atoms with Crippen molar-refractivity contribution in [3.05, 3.63) is 23.8 Å². The van der Waals surface area contributed by atoms with Gasteiger partial charge in [-0.2, -0.15) is 0 Å². The van der Waals surface area contributed by atoms with E-state index < -0.39 is 5.60 Å². The van der Waals surface area contributed by atoms with E-state index in [0.717, 1.165) is 23.5 Å². The minimum Gasteiger partial charge on any atom is -0.454 e. The fourth-order valence-corrected chi connectivity index (χ4v) is 2.48. The number of fused-ring (bicyclic) bond motifs is 1. The average molecular weight is 265 g/mol. The van der Waals surface area contributed by atoms with E-state index in [-0.39, 0.29) is 0 Å². The van der Waals surface area contributed by atoms with Crippen molar-refractivity contribution < 1.29 is 14.6 Å². The van der Waals surface area contributed by atoms with Gasteiger partial charge in [-0.1, -0.05) is 19.9 Å². The lowest BCUT2D eigenvalue weighted by atomic mass is 9.94. The van der Waals surface area contributed by atoms with E-state index in [1.807, 2.05) is 25.1 Å². The number of benzene rings is 1. The fraction of sp³-hybridized carbons (Fsp3) is 0.600. The molecule has 0 saturated heterocycles. The Morgan fingerprint density at radius 3 is 2.79 bits per heavy atom. The SMILES string of the molecule is CC(C)CC(C)(O)CNCc1ccc2c(c1)OCO2. The number of hydrogen-bond donors (Lipinski definition) is 2. The summed E-state index contributed by atoms with van der Waals surface area (Å²) in [5, 5.41) is 13.5. The van der Waals surface area contributed by atoms with Gasteiger partial charge in [0.1, 0.15) is 0 Å². The molecule has 1 heterocycles. The van der Waals surface area contributed by atoms with Crippen molar-refractivity contribution in [3.63, 3.8) is 0 Å². The number of aliphatic hydroxyl groups is 1. The maximum atomic E-state index is 10.2. The molecule has 1 aliphatic rings.